The highest BCUT2D eigenvalue weighted by Gasteiger charge is 2.13. The Kier molecular flexibility index (Phi) is 3.47. The van der Waals surface area contributed by atoms with Crippen LogP contribution in [-0.2, 0) is 4.74 Å². The second-order valence-corrected chi connectivity index (χ2v) is 3.21. The molecule has 0 aliphatic carbocycles. The number of ether oxygens (including phenoxy) is 1. The van der Waals surface area contributed by atoms with E-state index in [4.69, 9.17) is 16.3 Å². The minimum atomic E-state index is -0.527. The molecule has 0 unspecified atom stereocenters. The highest BCUT2D eigenvalue weighted by molar-refractivity contribution is 6.33. The van der Waals surface area contributed by atoms with Crippen molar-refractivity contribution in [3.05, 3.63) is 34.1 Å². The molecule has 0 aliphatic rings. The van der Waals surface area contributed by atoms with Gasteiger partial charge in [-0.1, -0.05) is 11.6 Å². The van der Waals surface area contributed by atoms with Crippen LogP contribution in [0.1, 0.15) is 22.8 Å². The Morgan fingerprint density at radius 1 is 1.57 bits per heavy atom. The van der Waals surface area contributed by atoms with E-state index in [-0.39, 0.29) is 17.2 Å². The first-order valence-electron chi connectivity index (χ1n) is 4.19. The summed E-state index contributed by atoms with van der Waals surface area (Å²) in [6, 6.07) is 2.50. The molecule has 1 aromatic carbocycles. The van der Waals surface area contributed by atoms with Crippen LogP contribution in [0.4, 0.5) is 4.39 Å². The van der Waals surface area contributed by atoms with Crippen LogP contribution >= 0.6 is 11.6 Å². The van der Waals surface area contributed by atoms with Crippen LogP contribution in [0.25, 0.3) is 0 Å². The van der Waals surface area contributed by atoms with Gasteiger partial charge in [-0.3, -0.25) is 0 Å². The first-order valence-corrected chi connectivity index (χ1v) is 4.56. The average molecular weight is 217 g/mol. The molecule has 0 aliphatic heterocycles. The van der Waals surface area contributed by atoms with Gasteiger partial charge in [0.2, 0.25) is 0 Å². The fraction of sp³-hybridized carbons (Fsp3) is 0.300. The Hall–Kier alpha value is -1.09. The van der Waals surface area contributed by atoms with Crippen molar-refractivity contribution < 1.29 is 13.9 Å². The molecular formula is C10H10ClFO2. The topological polar surface area (TPSA) is 26.3 Å². The van der Waals surface area contributed by atoms with Gasteiger partial charge in [0.25, 0.3) is 0 Å². The first-order chi connectivity index (χ1) is 6.56. The van der Waals surface area contributed by atoms with Gasteiger partial charge >= 0.3 is 5.97 Å². The SMILES string of the molecule is CCOC(=O)c1cc(C)c(F)cc1Cl. The summed E-state index contributed by atoms with van der Waals surface area (Å²) in [5.74, 6) is -0.955. The molecule has 0 radical (unpaired) electrons. The molecule has 1 aromatic rings. The number of benzene rings is 1. The van der Waals surface area contributed by atoms with E-state index >= 15 is 0 Å². The Morgan fingerprint density at radius 3 is 2.79 bits per heavy atom. The molecule has 0 heterocycles. The predicted molar refractivity (Wildman–Crippen MR) is 52.1 cm³/mol. The van der Waals surface area contributed by atoms with Crippen LogP contribution in [0.2, 0.25) is 5.02 Å². The van der Waals surface area contributed by atoms with Crippen molar-refractivity contribution in [3.8, 4) is 0 Å². The quantitative estimate of drug-likeness (QED) is 0.711. The van der Waals surface area contributed by atoms with Crippen molar-refractivity contribution in [2.45, 2.75) is 13.8 Å². The molecule has 0 saturated carbocycles. The highest BCUT2D eigenvalue weighted by atomic mass is 35.5. The number of aryl methyl sites for hydroxylation is 1. The summed E-state index contributed by atoms with van der Waals surface area (Å²) in [5, 5.41) is 0.0755. The summed E-state index contributed by atoms with van der Waals surface area (Å²) in [5.41, 5.74) is 0.574. The standard InChI is InChI=1S/C10H10ClFO2/c1-3-14-10(13)7-4-6(2)9(12)5-8(7)11/h4-5H,3H2,1-2H3. The Balaban J connectivity index is 3.09. The van der Waals surface area contributed by atoms with E-state index in [9.17, 15) is 9.18 Å². The number of halogens is 2. The van der Waals surface area contributed by atoms with Gasteiger partial charge in [-0.05, 0) is 31.5 Å². The third-order valence-electron chi connectivity index (χ3n) is 1.74. The minimum Gasteiger partial charge on any atom is -0.462 e. The van der Waals surface area contributed by atoms with E-state index in [1.165, 1.54) is 6.07 Å². The molecule has 0 saturated heterocycles. The molecule has 76 valence electrons. The van der Waals surface area contributed by atoms with Gasteiger partial charge in [-0.2, -0.15) is 0 Å². The van der Waals surface area contributed by atoms with Crippen LogP contribution in [0, 0.1) is 12.7 Å². The zero-order valence-corrected chi connectivity index (χ0v) is 8.69. The van der Waals surface area contributed by atoms with Crippen LogP contribution in [0.15, 0.2) is 12.1 Å². The number of hydrogen-bond acceptors (Lipinski definition) is 2. The number of esters is 1. The van der Waals surface area contributed by atoms with Gasteiger partial charge in [0.1, 0.15) is 5.82 Å². The lowest BCUT2D eigenvalue weighted by Crippen LogP contribution is -2.06. The molecule has 0 amide bonds. The maximum atomic E-state index is 13.0. The molecular weight excluding hydrogens is 207 g/mol. The van der Waals surface area contributed by atoms with Gasteiger partial charge in [-0.15, -0.1) is 0 Å². The van der Waals surface area contributed by atoms with Crippen LogP contribution in [0.3, 0.4) is 0 Å². The van der Waals surface area contributed by atoms with E-state index < -0.39 is 11.8 Å². The van der Waals surface area contributed by atoms with Gasteiger partial charge in [0, 0.05) is 0 Å². The van der Waals surface area contributed by atoms with Gasteiger partial charge in [-0.25, -0.2) is 9.18 Å². The smallest absolute Gasteiger partial charge is 0.339 e. The molecule has 1 rings (SSSR count). The van der Waals surface area contributed by atoms with Crippen molar-refractivity contribution in [3.63, 3.8) is 0 Å². The molecule has 2 nitrogen and oxygen atoms in total. The van der Waals surface area contributed by atoms with E-state index in [1.807, 2.05) is 0 Å². The van der Waals surface area contributed by atoms with Gasteiger partial charge in [0.05, 0.1) is 17.2 Å². The molecule has 0 atom stereocenters. The monoisotopic (exact) mass is 216 g/mol. The number of carbonyl (C=O) groups excluding carboxylic acids is 1. The summed E-state index contributed by atoms with van der Waals surface area (Å²) in [6.45, 7) is 3.53. The molecule has 0 N–H and O–H groups in total. The highest BCUT2D eigenvalue weighted by Crippen LogP contribution is 2.21. The lowest BCUT2D eigenvalue weighted by atomic mass is 10.1. The minimum absolute atomic E-state index is 0.0755. The summed E-state index contributed by atoms with van der Waals surface area (Å²) in [6.07, 6.45) is 0. The maximum absolute atomic E-state index is 13.0. The Bertz CT molecular complexity index is 363. The van der Waals surface area contributed by atoms with Crippen molar-refractivity contribution in [1.29, 1.82) is 0 Å². The first kappa shape index (κ1) is 11.0. The van der Waals surface area contributed by atoms with Crippen LogP contribution in [0.5, 0.6) is 0 Å². The third kappa shape index (κ3) is 2.23. The maximum Gasteiger partial charge on any atom is 0.339 e. The molecule has 14 heavy (non-hydrogen) atoms. The summed E-state index contributed by atoms with van der Waals surface area (Å²) in [7, 11) is 0. The fourth-order valence-corrected chi connectivity index (χ4v) is 1.25. The van der Waals surface area contributed by atoms with Crippen molar-refractivity contribution in [1.82, 2.24) is 0 Å². The predicted octanol–water partition coefficient (Wildman–Crippen LogP) is 2.96. The van der Waals surface area contributed by atoms with E-state index in [2.05, 4.69) is 0 Å². The Morgan fingerprint density at radius 2 is 2.21 bits per heavy atom. The second kappa shape index (κ2) is 4.42. The molecule has 0 spiro atoms. The lowest BCUT2D eigenvalue weighted by Gasteiger charge is -2.05. The number of rotatable bonds is 2. The van der Waals surface area contributed by atoms with Crippen molar-refractivity contribution in [2.75, 3.05) is 6.61 Å². The fourth-order valence-electron chi connectivity index (χ4n) is 1.02. The molecule has 0 fully saturated rings. The summed E-state index contributed by atoms with van der Waals surface area (Å²) < 4.78 is 17.7. The third-order valence-corrected chi connectivity index (χ3v) is 2.06. The Labute approximate surface area is 86.6 Å². The average Bonchev–Trinajstić information content (AvgIpc) is 2.11. The number of carbonyl (C=O) groups is 1. The van der Waals surface area contributed by atoms with Gasteiger partial charge in [0.15, 0.2) is 0 Å². The molecule has 0 aromatic heterocycles. The molecule has 0 bridgehead atoms. The van der Waals surface area contributed by atoms with Crippen molar-refractivity contribution >= 4 is 17.6 Å². The van der Waals surface area contributed by atoms with Crippen LogP contribution in [-0.4, -0.2) is 12.6 Å². The lowest BCUT2D eigenvalue weighted by molar-refractivity contribution is 0.0526. The second-order valence-electron chi connectivity index (χ2n) is 2.80. The molecule has 4 heteroatoms. The largest absolute Gasteiger partial charge is 0.462 e. The normalized spacial score (nSPS) is 10.0. The van der Waals surface area contributed by atoms with Crippen LogP contribution < -0.4 is 0 Å². The van der Waals surface area contributed by atoms with E-state index in [0.717, 1.165) is 6.07 Å². The summed E-state index contributed by atoms with van der Waals surface area (Å²) >= 11 is 5.69. The zero-order valence-electron chi connectivity index (χ0n) is 7.93. The van der Waals surface area contributed by atoms with Crippen molar-refractivity contribution in [2.24, 2.45) is 0 Å². The number of hydrogen-bond donors (Lipinski definition) is 0. The van der Waals surface area contributed by atoms with E-state index in [0.29, 0.717) is 5.56 Å². The van der Waals surface area contributed by atoms with Gasteiger partial charge < -0.3 is 4.74 Å². The zero-order chi connectivity index (χ0) is 10.7. The summed E-state index contributed by atoms with van der Waals surface area (Å²) in [4.78, 5) is 11.3. The van der Waals surface area contributed by atoms with E-state index in [1.54, 1.807) is 13.8 Å².